The second-order valence-corrected chi connectivity index (χ2v) is 3.31. The zero-order valence-corrected chi connectivity index (χ0v) is 8.17. The van der Waals surface area contributed by atoms with Crippen LogP contribution in [0.5, 0.6) is 11.5 Å². The van der Waals surface area contributed by atoms with Gasteiger partial charge in [-0.3, -0.25) is 4.79 Å². The number of hydrogen-bond acceptors (Lipinski definition) is 3. The van der Waals surface area contributed by atoms with E-state index in [9.17, 15) is 15.0 Å². The first kappa shape index (κ1) is 10.7. The maximum atomic E-state index is 10.4. The molecule has 1 aromatic rings. The summed E-state index contributed by atoms with van der Waals surface area (Å²) in [5.74, 6) is -1.67. The summed E-state index contributed by atoms with van der Waals surface area (Å²) < 4.78 is 0. The molecular formula is C9H9ClO4. The predicted molar refractivity (Wildman–Crippen MR) is 50.9 cm³/mol. The second-order valence-electron chi connectivity index (χ2n) is 2.93. The van der Waals surface area contributed by atoms with Gasteiger partial charge in [0, 0.05) is 5.56 Å². The minimum atomic E-state index is -1.07. The van der Waals surface area contributed by atoms with Crippen molar-refractivity contribution in [3.05, 3.63) is 22.2 Å². The zero-order chi connectivity index (χ0) is 10.9. The Morgan fingerprint density at radius 3 is 2.50 bits per heavy atom. The van der Waals surface area contributed by atoms with Gasteiger partial charge in [-0.25, -0.2) is 0 Å². The van der Waals surface area contributed by atoms with Gasteiger partial charge < -0.3 is 15.3 Å². The average Bonchev–Trinajstić information content (AvgIpc) is 2.10. The first-order valence-electron chi connectivity index (χ1n) is 3.85. The highest BCUT2D eigenvalue weighted by Crippen LogP contribution is 2.38. The molecule has 0 unspecified atom stereocenters. The van der Waals surface area contributed by atoms with E-state index in [-0.39, 0.29) is 28.5 Å². The van der Waals surface area contributed by atoms with Gasteiger partial charge in [0.1, 0.15) is 16.5 Å². The first-order valence-corrected chi connectivity index (χ1v) is 4.23. The third kappa shape index (κ3) is 1.90. The number of aromatic hydroxyl groups is 2. The summed E-state index contributed by atoms with van der Waals surface area (Å²) >= 11 is 5.58. The molecule has 0 radical (unpaired) electrons. The quantitative estimate of drug-likeness (QED) is 0.703. The van der Waals surface area contributed by atoms with Crippen molar-refractivity contribution in [2.45, 2.75) is 13.3 Å². The van der Waals surface area contributed by atoms with Crippen LogP contribution in [0.2, 0.25) is 5.02 Å². The van der Waals surface area contributed by atoms with Crippen LogP contribution >= 0.6 is 11.6 Å². The van der Waals surface area contributed by atoms with Crippen molar-refractivity contribution in [1.29, 1.82) is 0 Å². The standard InChI is InChI=1S/C9H9ClO4/c1-4-2-5(3-6(11)12)9(14)7(10)8(4)13/h2,13-14H,3H2,1H3,(H,11,12). The summed E-state index contributed by atoms with van der Waals surface area (Å²) in [4.78, 5) is 10.4. The number of hydrogen-bond donors (Lipinski definition) is 3. The van der Waals surface area contributed by atoms with Crippen molar-refractivity contribution in [2.24, 2.45) is 0 Å². The van der Waals surface area contributed by atoms with E-state index in [0.717, 1.165) is 0 Å². The molecule has 0 aliphatic heterocycles. The second kappa shape index (κ2) is 3.75. The highest BCUT2D eigenvalue weighted by molar-refractivity contribution is 6.33. The van der Waals surface area contributed by atoms with E-state index in [1.165, 1.54) is 6.07 Å². The number of carboxylic acids is 1. The molecule has 0 bridgehead atoms. The smallest absolute Gasteiger partial charge is 0.307 e. The summed E-state index contributed by atoms with van der Waals surface area (Å²) in [6, 6.07) is 1.39. The molecular weight excluding hydrogens is 208 g/mol. The van der Waals surface area contributed by atoms with Crippen LogP contribution < -0.4 is 0 Å². The van der Waals surface area contributed by atoms with Crippen molar-refractivity contribution < 1.29 is 20.1 Å². The topological polar surface area (TPSA) is 77.8 Å². The molecule has 0 aliphatic rings. The molecule has 0 aliphatic carbocycles. The molecule has 0 fully saturated rings. The molecule has 0 saturated carbocycles. The molecule has 14 heavy (non-hydrogen) atoms. The SMILES string of the molecule is Cc1cc(CC(=O)O)c(O)c(Cl)c1O. The fourth-order valence-corrected chi connectivity index (χ4v) is 1.39. The van der Waals surface area contributed by atoms with E-state index in [4.69, 9.17) is 16.7 Å². The van der Waals surface area contributed by atoms with E-state index < -0.39 is 5.97 Å². The van der Waals surface area contributed by atoms with Crippen LogP contribution in [0.15, 0.2) is 6.07 Å². The predicted octanol–water partition coefficient (Wildman–Crippen LogP) is 1.69. The van der Waals surface area contributed by atoms with E-state index in [0.29, 0.717) is 5.56 Å². The summed E-state index contributed by atoms with van der Waals surface area (Å²) in [6.45, 7) is 1.58. The van der Waals surface area contributed by atoms with Gasteiger partial charge in [0.05, 0.1) is 6.42 Å². The number of aryl methyl sites for hydroxylation is 1. The van der Waals surface area contributed by atoms with Crippen LogP contribution in [0.3, 0.4) is 0 Å². The third-order valence-electron chi connectivity index (χ3n) is 1.83. The van der Waals surface area contributed by atoms with Crippen molar-refractivity contribution in [3.8, 4) is 11.5 Å². The number of phenols is 2. The lowest BCUT2D eigenvalue weighted by molar-refractivity contribution is -0.136. The highest BCUT2D eigenvalue weighted by atomic mass is 35.5. The monoisotopic (exact) mass is 216 g/mol. The van der Waals surface area contributed by atoms with Gasteiger partial charge in [-0.1, -0.05) is 11.6 Å². The zero-order valence-electron chi connectivity index (χ0n) is 7.41. The average molecular weight is 217 g/mol. The molecule has 1 aromatic carbocycles. The summed E-state index contributed by atoms with van der Waals surface area (Å²) in [5.41, 5.74) is 0.627. The van der Waals surface area contributed by atoms with Crippen LogP contribution in [-0.2, 0) is 11.2 Å². The molecule has 3 N–H and O–H groups in total. The molecule has 0 spiro atoms. The Kier molecular flexibility index (Phi) is 2.86. The van der Waals surface area contributed by atoms with Gasteiger partial charge >= 0.3 is 5.97 Å². The van der Waals surface area contributed by atoms with Gasteiger partial charge in [0.25, 0.3) is 0 Å². The maximum absolute atomic E-state index is 10.4. The van der Waals surface area contributed by atoms with Crippen LogP contribution in [-0.4, -0.2) is 21.3 Å². The van der Waals surface area contributed by atoms with Crippen LogP contribution in [0, 0.1) is 6.92 Å². The number of rotatable bonds is 2. The Morgan fingerprint density at radius 1 is 1.43 bits per heavy atom. The van der Waals surface area contributed by atoms with Gasteiger partial charge in [0.2, 0.25) is 0 Å². The number of aliphatic carboxylic acids is 1. The lowest BCUT2D eigenvalue weighted by Gasteiger charge is -2.08. The highest BCUT2D eigenvalue weighted by Gasteiger charge is 2.15. The fourth-order valence-electron chi connectivity index (χ4n) is 1.12. The Labute approximate surface area is 85.4 Å². The van der Waals surface area contributed by atoms with Gasteiger partial charge in [-0.05, 0) is 18.6 Å². The molecule has 76 valence electrons. The van der Waals surface area contributed by atoms with Gasteiger partial charge in [-0.2, -0.15) is 0 Å². The Morgan fingerprint density at radius 2 is 2.00 bits per heavy atom. The molecule has 1 rings (SSSR count). The Bertz CT molecular complexity index is 387. The van der Waals surface area contributed by atoms with Crippen molar-refractivity contribution in [1.82, 2.24) is 0 Å². The minimum Gasteiger partial charge on any atom is -0.506 e. The summed E-state index contributed by atoms with van der Waals surface area (Å²) in [5, 5.41) is 27.0. The number of benzene rings is 1. The fraction of sp³-hybridized carbons (Fsp3) is 0.222. The number of phenolic OH excluding ortho intramolecular Hbond substituents is 2. The number of carbonyl (C=O) groups is 1. The summed E-state index contributed by atoms with van der Waals surface area (Å²) in [7, 11) is 0. The van der Waals surface area contributed by atoms with E-state index in [1.54, 1.807) is 6.92 Å². The summed E-state index contributed by atoms with van der Waals surface area (Å²) in [6.07, 6.45) is -0.327. The normalized spacial score (nSPS) is 10.1. The molecule has 0 amide bonds. The van der Waals surface area contributed by atoms with Crippen molar-refractivity contribution in [2.75, 3.05) is 0 Å². The maximum Gasteiger partial charge on any atom is 0.307 e. The molecule has 5 heteroatoms. The minimum absolute atomic E-state index is 0.192. The Hall–Kier alpha value is -1.42. The molecule has 0 heterocycles. The Balaban J connectivity index is 3.25. The van der Waals surface area contributed by atoms with E-state index in [1.807, 2.05) is 0 Å². The first-order chi connectivity index (χ1) is 6.43. The van der Waals surface area contributed by atoms with Crippen LogP contribution in [0.4, 0.5) is 0 Å². The largest absolute Gasteiger partial charge is 0.506 e. The van der Waals surface area contributed by atoms with Crippen LogP contribution in [0.1, 0.15) is 11.1 Å². The molecule has 4 nitrogen and oxygen atoms in total. The lowest BCUT2D eigenvalue weighted by Crippen LogP contribution is -2.01. The lowest BCUT2D eigenvalue weighted by atomic mass is 10.1. The number of carboxylic acid groups (broad SMARTS) is 1. The van der Waals surface area contributed by atoms with Gasteiger partial charge in [-0.15, -0.1) is 0 Å². The van der Waals surface area contributed by atoms with Crippen LogP contribution in [0.25, 0.3) is 0 Å². The van der Waals surface area contributed by atoms with E-state index >= 15 is 0 Å². The van der Waals surface area contributed by atoms with Crippen molar-refractivity contribution in [3.63, 3.8) is 0 Å². The van der Waals surface area contributed by atoms with Gasteiger partial charge in [0.15, 0.2) is 0 Å². The third-order valence-corrected chi connectivity index (χ3v) is 2.18. The number of halogens is 1. The van der Waals surface area contributed by atoms with Crippen molar-refractivity contribution >= 4 is 17.6 Å². The molecule has 0 aromatic heterocycles. The van der Waals surface area contributed by atoms with E-state index in [2.05, 4.69) is 0 Å². The molecule has 0 saturated heterocycles. The molecule has 0 atom stereocenters.